The van der Waals surface area contributed by atoms with Crippen LogP contribution in [0.25, 0.3) is 0 Å². The van der Waals surface area contributed by atoms with Gasteiger partial charge in [-0.05, 0) is 64.5 Å². The Bertz CT molecular complexity index is 459. The van der Waals surface area contributed by atoms with Crippen LogP contribution in [0.4, 0.5) is 0 Å². The van der Waals surface area contributed by atoms with E-state index < -0.39 is 0 Å². The molecule has 2 atom stereocenters. The maximum atomic E-state index is 5.53. The maximum absolute atomic E-state index is 5.53. The molecular weight excluding hydrogens is 260 g/mol. The molecule has 0 spiro atoms. The molecule has 1 aromatic rings. The van der Waals surface area contributed by atoms with Crippen LogP contribution in [-0.2, 0) is 6.42 Å². The van der Waals surface area contributed by atoms with Crippen molar-refractivity contribution in [1.29, 1.82) is 0 Å². The molecule has 1 aromatic heterocycles. The molecule has 118 valence electrons. The average molecular weight is 290 g/mol. The molecule has 3 heteroatoms. The largest absolute Gasteiger partial charge is 0.496 e. The standard InChI is InChI=1S/C18H30N2O/c1-5-9-19-12-16-8-6-7-15(16)10-17-14(3)18(21-4)13(2)11-20-17/h11,15-16,19H,5-10,12H2,1-4H3. The van der Waals surface area contributed by atoms with Crippen molar-refractivity contribution in [1.82, 2.24) is 10.3 Å². The molecule has 0 saturated heterocycles. The summed E-state index contributed by atoms with van der Waals surface area (Å²) in [6.07, 6.45) is 8.35. The van der Waals surface area contributed by atoms with E-state index in [1.165, 1.54) is 43.5 Å². The van der Waals surface area contributed by atoms with Crippen molar-refractivity contribution in [2.75, 3.05) is 20.2 Å². The van der Waals surface area contributed by atoms with Gasteiger partial charge in [-0.1, -0.05) is 13.3 Å². The minimum Gasteiger partial charge on any atom is -0.496 e. The lowest BCUT2D eigenvalue weighted by atomic mass is 9.90. The molecule has 1 heterocycles. The summed E-state index contributed by atoms with van der Waals surface area (Å²) in [5.74, 6) is 2.59. The van der Waals surface area contributed by atoms with Gasteiger partial charge >= 0.3 is 0 Å². The fraction of sp³-hybridized carbons (Fsp3) is 0.722. The third-order valence-electron chi connectivity index (χ3n) is 4.86. The number of ether oxygens (including phenoxy) is 1. The lowest BCUT2D eigenvalue weighted by Gasteiger charge is -2.21. The molecule has 1 saturated carbocycles. The molecule has 2 rings (SSSR count). The molecule has 0 radical (unpaired) electrons. The first kappa shape index (κ1) is 16.3. The number of hydrogen-bond donors (Lipinski definition) is 1. The lowest BCUT2D eigenvalue weighted by Crippen LogP contribution is -2.27. The van der Waals surface area contributed by atoms with E-state index in [9.17, 15) is 0 Å². The Hall–Kier alpha value is -1.09. The van der Waals surface area contributed by atoms with Crippen molar-refractivity contribution in [3.8, 4) is 5.75 Å². The Kier molecular flexibility index (Phi) is 6.04. The van der Waals surface area contributed by atoms with Gasteiger partial charge in [0.25, 0.3) is 0 Å². The highest BCUT2D eigenvalue weighted by Gasteiger charge is 2.28. The number of methoxy groups -OCH3 is 1. The van der Waals surface area contributed by atoms with Crippen LogP contribution < -0.4 is 10.1 Å². The molecule has 0 aliphatic heterocycles. The van der Waals surface area contributed by atoms with Crippen LogP contribution in [0, 0.1) is 25.7 Å². The molecule has 21 heavy (non-hydrogen) atoms. The number of aromatic nitrogens is 1. The highest BCUT2D eigenvalue weighted by atomic mass is 16.5. The highest BCUT2D eigenvalue weighted by molar-refractivity contribution is 5.41. The number of hydrogen-bond acceptors (Lipinski definition) is 3. The molecule has 0 bridgehead atoms. The lowest BCUT2D eigenvalue weighted by molar-refractivity contribution is 0.360. The van der Waals surface area contributed by atoms with E-state index in [1.807, 2.05) is 6.20 Å². The quantitative estimate of drug-likeness (QED) is 0.778. The summed E-state index contributed by atoms with van der Waals surface area (Å²) in [6, 6.07) is 0. The Morgan fingerprint density at radius 2 is 2.05 bits per heavy atom. The molecule has 2 unspecified atom stereocenters. The van der Waals surface area contributed by atoms with Crippen molar-refractivity contribution in [2.24, 2.45) is 11.8 Å². The smallest absolute Gasteiger partial charge is 0.128 e. The molecule has 0 amide bonds. The summed E-state index contributed by atoms with van der Waals surface area (Å²) in [5.41, 5.74) is 3.58. The van der Waals surface area contributed by atoms with Gasteiger partial charge in [0.1, 0.15) is 5.75 Å². The Labute approximate surface area is 129 Å². The van der Waals surface area contributed by atoms with Crippen molar-refractivity contribution < 1.29 is 4.74 Å². The third-order valence-corrected chi connectivity index (χ3v) is 4.86. The third kappa shape index (κ3) is 3.97. The monoisotopic (exact) mass is 290 g/mol. The zero-order chi connectivity index (χ0) is 15.2. The molecule has 1 aliphatic rings. The van der Waals surface area contributed by atoms with Crippen molar-refractivity contribution >= 4 is 0 Å². The van der Waals surface area contributed by atoms with E-state index in [4.69, 9.17) is 4.74 Å². The van der Waals surface area contributed by atoms with E-state index >= 15 is 0 Å². The Morgan fingerprint density at radius 3 is 2.76 bits per heavy atom. The minimum absolute atomic E-state index is 0.771. The molecule has 1 fully saturated rings. The van der Waals surface area contributed by atoms with Crippen LogP contribution in [0.2, 0.25) is 0 Å². The summed E-state index contributed by atoms with van der Waals surface area (Å²) in [6.45, 7) is 8.74. The van der Waals surface area contributed by atoms with Gasteiger partial charge in [-0.15, -0.1) is 0 Å². The molecule has 1 N–H and O–H groups in total. The second-order valence-electron chi connectivity index (χ2n) is 6.41. The normalized spacial score (nSPS) is 21.7. The van der Waals surface area contributed by atoms with Crippen molar-refractivity contribution in [3.05, 3.63) is 23.0 Å². The van der Waals surface area contributed by atoms with Crippen LogP contribution in [0.15, 0.2) is 6.20 Å². The predicted molar refractivity (Wildman–Crippen MR) is 88.0 cm³/mol. The summed E-state index contributed by atoms with van der Waals surface area (Å²) in [7, 11) is 1.76. The number of nitrogens with one attached hydrogen (secondary N) is 1. The van der Waals surface area contributed by atoms with Crippen LogP contribution in [0.5, 0.6) is 5.75 Å². The van der Waals surface area contributed by atoms with E-state index in [1.54, 1.807) is 7.11 Å². The van der Waals surface area contributed by atoms with Crippen LogP contribution in [0.3, 0.4) is 0 Å². The van der Waals surface area contributed by atoms with Crippen molar-refractivity contribution in [3.63, 3.8) is 0 Å². The van der Waals surface area contributed by atoms with E-state index in [-0.39, 0.29) is 0 Å². The average Bonchev–Trinajstić information content (AvgIpc) is 2.90. The summed E-state index contributed by atoms with van der Waals surface area (Å²) < 4.78 is 5.53. The molecule has 0 aromatic carbocycles. The Balaban J connectivity index is 2.03. The highest BCUT2D eigenvalue weighted by Crippen LogP contribution is 2.35. The zero-order valence-corrected chi connectivity index (χ0v) is 14.0. The van der Waals surface area contributed by atoms with Gasteiger partial charge < -0.3 is 10.1 Å². The number of rotatable bonds is 7. The maximum Gasteiger partial charge on any atom is 0.128 e. The molecule has 3 nitrogen and oxygen atoms in total. The van der Waals surface area contributed by atoms with Crippen LogP contribution in [0.1, 0.15) is 49.4 Å². The molecular formula is C18H30N2O. The second kappa shape index (κ2) is 7.79. The summed E-state index contributed by atoms with van der Waals surface area (Å²) in [5, 5.41) is 3.59. The fourth-order valence-electron chi connectivity index (χ4n) is 3.64. The van der Waals surface area contributed by atoms with Gasteiger partial charge in [0.2, 0.25) is 0 Å². The van der Waals surface area contributed by atoms with Gasteiger partial charge in [0.05, 0.1) is 7.11 Å². The van der Waals surface area contributed by atoms with Gasteiger partial charge in [0.15, 0.2) is 0 Å². The SMILES string of the molecule is CCCNCC1CCCC1Cc1ncc(C)c(OC)c1C. The van der Waals surface area contributed by atoms with Gasteiger partial charge in [-0.2, -0.15) is 0 Å². The summed E-state index contributed by atoms with van der Waals surface area (Å²) in [4.78, 5) is 4.68. The summed E-state index contributed by atoms with van der Waals surface area (Å²) >= 11 is 0. The first-order chi connectivity index (χ1) is 10.2. The van der Waals surface area contributed by atoms with Crippen molar-refractivity contribution in [2.45, 2.75) is 52.9 Å². The number of aryl methyl sites for hydroxylation is 1. The van der Waals surface area contributed by atoms with Gasteiger partial charge in [-0.25, -0.2) is 0 Å². The predicted octanol–water partition coefficient (Wildman–Crippen LogP) is 3.67. The Morgan fingerprint density at radius 1 is 1.29 bits per heavy atom. The van der Waals surface area contributed by atoms with Crippen LogP contribution in [-0.4, -0.2) is 25.2 Å². The van der Waals surface area contributed by atoms with E-state index in [2.05, 4.69) is 31.1 Å². The minimum atomic E-state index is 0.771. The second-order valence-corrected chi connectivity index (χ2v) is 6.41. The number of pyridine rings is 1. The first-order valence-corrected chi connectivity index (χ1v) is 8.37. The zero-order valence-electron chi connectivity index (χ0n) is 14.0. The van der Waals surface area contributed by atoms with Gasteiger partial charge in [0, 0.05) is 23.0 Å². The van der Waals surface area contributed by atoms with E-state index in [0.717, 1.165) is 36.1 Å². The first-order valence-electron chi connectivity index (χ1n) is 8.37. The molecule has 1 aliphatic carbocycles. The van der Waals surface area contributed by atoms with Crippen LogP contribution >= 0.6 is 0 Å². The van der Waals surface area contributed by atoms with Gasteiger partial charge in [-0.3, -0.25) is 4.98 Å². The topological polar surface area (TPSA) is 34.2 Å². The fourth-order valence-corrected chi connectivity index (χ4v) is 3.64. The number of nitrogens with zero attached hydrogens (tertiary/aromatic N) is 1. The van der Waals surface area contributed by atoms with E-state index in [0.29, 0.717) is 0 Å².